The van der Waals surface area contributed by atoms with E-state index < -0.39 is 0 Å². The van der Waals surface area contributed by atoms with Gasteiger partial charge in [0.2, 0.25) is 0 Å². The molecule has 3 amide bonds. The minimum Gasteiger partial charge on any atom is -0.489 e. The van der Waals surface area contributed by atoms with Crippen LogP contribution < -0.4 is 20.7 Å². The van der Waals surface area contributed by atoms with Gasteiger partial charge in [0, 0.05) is 29.5 Å². The second-order valence-corrected chi connectivity index (χ2v) is 6.00. The molecule has 0 heterocycles. The van der Waals surface area contributed by atoms with E-state index in [1.807, 2.05) is 48.5 Å². The Labute approximate surface area is 163 Å². The summed E-state index contributed by atoms with van der Waals surface area (Å²) in [5.74, 6) is 0.495. The van der Waals surface area contributed by atoms with E-state index in [0.29, 0.717) is 16.9 Å². The number of amides is 3. The molecule has 0 bridgehead atoms. The van der Waals surface area contributed by atoms with Crippen molar-refractivity contribution in [1.29, 1.82) is 0 Å². The molecule has 0 atom stereocenters. The van der Waals surface area contributed by atoms with Gasteiger partial charge in [0.15, 0.2) is 0 Å². The molecule has 0 fully saturated rings. The molecule has 0 saturated heterocycles. The first kappa shape index (κ1) is 19.0. The summed E-state index contributed by atoms with van der Waals surface area (Å²) in [6, 6.07) is 23.4. The van der Waals surface area contributed by atoms with Crippen molar-refractivity contribution in [2.24, 2.45) is 0 Å². The Kier molecular flexibility index (Phi) is 6.25. The molecular weight excluding hydrogens is 354 g/mol. The number of ether oxygens (including phenoxy) is 1. The maximum absolute atomic E-state index is 12.8. The van der Waals surface area contributed by atoms with Crippen LogP contribution in [0.4, 0.5) is 16.2 Å². The Bertz CT molecular complexity index is 958. The van der Waals surface area contributed by atoms with E-state index >= 15 is 0 Å². The number of para-hydroxylation sites is 1. The highest BCUT2D eigenvalue weighted by molar-refractivity contribution is 6.05. The first-order valence-corrected chi connectivity index (χ1v) is 8.81. The van der Waals surface area contributed by atoms with E-state index in [9.17, 15) is 9.59 Å². The maximum Gasteiger partial charge on any atom is 0.318 e. The molecule has 0 radical (unpaired) electrons. The van der Waals surface area contributed by atoms with Crippen molar-refractivity contribution in [2.75, 3.05) is 17.7 Å². The Morgan fingerprint density at radius 1 is 0.821 bits per heavy atom. The summed E-state index contributed by atoms with van der Waals surface area (Å²) < 4.78 is 5.77. The zero-order valence-electron chi connectivity index (χ0n) is 15.4. The highest BCUT2D eigenvalue weighted by Gasteiger charge is 2.12. The van der Waals surface area contributed by atoms with Gasteiger partial charge in [-0.25, -0.2) is 4.79 Å². The number of benzene rings is 3. The van der Waals surface area contributed by atoms with Gasteiger partial charge in [-0.1, -0.05) is 42.5 Å². The summed E-state index contributed by atoms with van der Waals surface area (Å²) in [5.41, 5.74) is 2.47. The van der Waals surface area contributed by atoms with Crippen LogP contribution >= 0.6 is 0 Å². The predicted octanol–water partition coefficient (Wildman–Crippen LogP) is 4.27. The van der Waals surface area contributed by atoms with Gasteiger partial charge in [0.1, 0.15) is 12.4 Å². The third kappa shape index (κ3) is 5.11. The molecule has 6 heteroatoms. The lowest BCUT2D eigenvalue weighted by molar-refractivity contribution is 0.102. The molecule has 0 aliphatic heterocycles. The van der Waals surface area contributed by atoms with Gasteiger partial charge in [-0.2, -0.15) is 0 Å². The fourth-order valence-corrected chi connectivity index (χ4v) is 2.61. The van der Waals surface area contributed by atoms with Crippen LogP contribution in [0, 0.1) is 0 Å². The third-order valence-corrected chi connectivity index (χ3v) is 4.00. The minimum atomic E-state index is -0.327. The van der Waals surface area contributed by atoms with Gasteiger partial charge in [-0.3, -0.25) is 4.79 Å². The smallest absolute Gasteiger partial charge is 0.318 e. The molecule has 0 aliphatic rings. The number of urea groups is 1. The van der Waals surface area contributed by atoms with Crippen LogP contribution in [0.1, 0.15) is 15.9 Å². The highest BCUT2D eigenvalue weighted by atomic mass is 16.5. The van der Waals surface area contributed by atoms with Gasteiger partial charge in [0.05, 0.1) is 0 Å². The molecule has 3 aromatic rings. The van der Waals surface area contributed by atoms with Crippen molar-refractivity contribution < 1.29 is 14.3 Å². The van der Waals surface area contributed by atoms with Crippen molar-refractivity contribution in [3.05, 3.63) is 90.0 Å². The highest BCUT2D eigenvalue weighted by Crippen LogP contribution is 2.19. The number of hydrogen-bond acceptors (Lipinski definition) is 3. The lowest BCUT2D eigenvalue weighted by atomic mass is 10.1. The SMILES string of the molecule is CNC(=O)Nc1cccc(NC(=O)c2ccccc2COc2ccccc2)c1. The normalized spacial score (nSPS) is 10.0. The van der Waals surface area contributed by atoms with E-state index in [1.54, 1.807) is 30.3 Å². The second-order valence-electron chi connectivity index (χ2n) is 6.00. The summed E-state index contributed by atoms with van der Waals surface area (Å²) in [6.45, 7) is 0.284. The maximum atomic E-state index is 12.8. The summed E-state index contributed by atoms with van der Waals surface area (Å²) >= 11 is 0. The van der Waals surface area contributed by atoms with E-state index in [-0.39, 0.29) is 18.5 Å². The van der Waals surface area contributed by atoms with Gasteiger partial charge in [-0.05, 0) is 36.4 Å². The fourth-order valence-electron chi connectivity index (χ4n) is 2.61. The van der Waals surface area contributed by atoms with Gasteiger partial charge < -0.3 is 20.7 Å². The topological polar surface area (TPSA) is 79.5 Å². The summed E-state index contributed by atoms with van der Waals surface area (Å²) in [4.78, 5) is 24.2. The van der Waals surface area contributed by atoms with Crippen LogP contribution in [-0.2, 0) is 6.61 Å². The quantitative estimate of drug-likeness (QED) is 0.602. The van der Waals surface area contributed by atoms with E-state index in [4.69, 9.17) is 4.74 Å². The standard InChI is InChI=1S/C22H21N3O3/c1-23-22(27)25-18-10-7-9-17(14-18)24-21(26)20-13-6-5-8-16(20)15-28-19-11-3-2-4-12-19/h2-14H,15H2,1H3,(H,24,26)(H2,23,25,27). The van der Waals surface area contributed by atoms with Crippen molar-refractivity contribution in [1.82, 2.24) is 5.32 Å². The van der Waals surface area contributed by atoms with Crippen molar-refractivity contribution in [2.45, 2.75) is 6.61 Å². The third-order valence-electron chi connectivity index (χ3n) is 4.00. The van der Waals surface area contributed by atoms with Crippen molar-refractivity contribution >= 4 is 23.3 Å². The molecule has 28 heavy (non-hydrogen) atoms. The number of rotatable bonds is 6. The van der Waals surface area contributed by atoms with Crippen LogP contribution in [0.3, 0.4) is 0 Å². The number of carbonyl (C=O) groups excluding carboxylic acids is 2. The minimum absolute atomic E-state index is 0.246. The average molecular weight is 375 g/mol. The molecule has 6 nitrogen and oxygen atoms in total. The summed E-state index contributed by atoms with van der Waals surface area (Å²) in [5, 5.41) is 8.02. The van der Waals surface area contributed by atoms with E-state index in [1.165, 1.54) is 7.05 Å². The molecular formula is C22H21N3O3. The van der Waals surface area contributed by atoms with Crippen molar-refractivity contribution in [3.8, 4) is 5.75 Å². The van der Waals surface area contributed by atoms with Crippen LogP contribution in [0.5, 0.6) is 5.75 Å². The van der Waals surface area contributed by atoms with Crippen LogP contribution in [0.15, 0.2) is 78.9 Å². The van der Waals surface area contributed by atoms with Crippen molar-refractivity contribution in [3.63, 3.8) is 0 Å². The molecule has 0 spiro atoms. The zero-order chi connectivity index (χ0) is 19.8. The largest absolute Gasteiger partial charge is 0.489 e. The molecule has 3 aromatic carbocycles. The lowest BCUT2D eigenvalue weighted by Gasteiger charge is -2.12. The Balaban J connectivity index is 1.71. The summed E-state index contributed by atoms with van der Waals surface area (Å²) in [6.07, 6.45) is 0. The van der Waals surface area contributed by atoms with Crippen LogP contribution in [0.2, 0.25) is 0 Å². The molecule has 0 aliphatic carbocycles. The average Bonchev–Trinajstić information content (AvgIpc) is 2.73. The van der Waals surface area contributed by atoms with Gasteiger partial charge in [-0.15, -0.1) is 0 Å². The first-order valence-electron chi connectivity index (χ1n) is 8.81. The number of carbonyl (C=O) groups is 2. The Hall–Kier alpha value is -3.80. The molecule has 3 rings (SSSR count). The molecule has 142 valence electrons. The van der Waals surface area contributed by atoms with E-state index in [0.717, 1.165) is 11.3 Å². The Morgan fingerprint density at radius 3 is 2.25 bits per heavy atom. The molecule has 0 saturated carbocycles. The molecule has 0 aromatic heterocycles. The number of anilines is 2. The van der Waals surface area contributed by atoms with Crippen LogP contribution in [-0.4, -0.2) is 19.0 Å². The van der Waals surface area contributed by atoms with Crippen LogP contribution in [0.25, 0.3) is 0 Å². The fraction of sp³-hybridized carbons (Fsp3) is 0.0909. The lowest BCUT2D eigenvalue weighted by Crippen LogP contribution is -2.24. The summed E-state index contributed by atoms with van der Waals surface area (Å²) in [7, 11) is 1.54. The predicted molar refractivity (Wildman–Crippen MR) is 110 cm³/mol. The monoisotopic (exact) mass is 375 g/mol. The number of hydrogen-bond donors (Lipinski definition) is 3. The first-order chi connectivity index (χ1) is 13.7. The molecule has 3 N–H and O–H groups in total. The van der Waals surface area contributed by atoms with Gasteiger partial charge in [0.25, 0.3) is 5.91 Å². The second kappa shape index (κ2) is 9.23. The Morgan fingerprint density at radius 2 is 1.50 bits per heavy atom. The van der Waals surface area contributed by atoms with Gasteiger partial charge >= 0.3 is 6.03 Å². The zero-order valence-corrected chi connectivity index (χ0v) is 15.4. The molecule has 0 unspecified atom stereocenters. The number of nitrogens with one attached hydrogen (secondary N) is 3. The van der Waals surface area contributed by atoms with E-state index in [2.05, 4.69) is 16.0 Å².